The van der Waals surface area contributed by atoms with E-state index in [0.29, 0.717) is 12.3 Å². The van der Waals surface area contributed by atoms with Crippen LogP contribution >= 0.6 is 0 Å². The molecule has 1 amide bonds. The molecule has 0 aliphatic carbocycles. The minimum Gasteiger partial charge on any atom is -0.497 e. The van der Waals surface area contributed by atoms with Gasteiger partial charge in [0.15, 0.2) is 0 Å². The molecule has 1 N–H and O–H groups in total. The van der Waals surface area contributed by atoms with E-state index in [0.717, 1.165) is 21.0 Å². The predicted octanol–water partition coefficient (Wildman–Crippen LogP) is 3.83. The topological polar surface area (TPSA) is 84.9 Å². The van der Waals surface area contributed by atoms with Crippen molar-refractivity contribution in [1.29, 1.82) is 0 Å². The van der Waals surface area contributed by atoms with E-state index in [9.17, 15) is 13.2 Å². The summed E-state index contributed by atoms with van der Waals surface area (Å²) in [4.78, 5) is 13.0. The van der Waals surface area contributed by atoms with Crippen molar-refractivity contribution < 1.29 is 22.7 Å². The Morgan fingerprint density at radius 1 is 0.939 bits per heavy atom. The fourth-order valence-corrected chi connectivity index (χ4v) is 4.75. The second-order valence-corrected chi connectivity index (χ2v) is 9.43. The molecule has 0 atom stereocenters. The Bertz CT molecular complexity index is 1220. The van der Waals surface area contributed by atoms with Gasteiger partial charge in [-0.3, -0.25) is 9.10 Å². The molecule has 3 aromatic rings. The average Bonchev–Trinajstić information content (AvgIpc) is 2.82. The van der Waals surface area contributed by atoms with Crippen LogP contribution in [0.3, 0.4) is 0 Å². The van der Waals surface area contributed by atoms with Gasteiger partial charge < -0.3 is 14.8 Å². The summed E-state index contributed by atoms with van der Waals surface area (Å²) in [5.74, 6) is 0.343. The summed E-state index contributed by atoms with van der Waals surface area (Å²) >= 11 is 0. The number of methoxy groups -OCH3 is 2. The molecule has 33 heavy (non-hydrogen) atoms. The molecule has 0 bridgehead atoms. The zero-order chi connectivity index (χ0) is 24.0. The van der Waals surface area contributed by atoms with Gasteiger partial charge in [-0.25, -0.2) is 8.42 Å². The third kappa shape index (κ3) is 5.64. The maximum absolute atomic E-state index is 13.6. The molecule has 7 nitrogen and oxygen atoms in total. The lowest BCUT2D eigenvalue weighted by molar-refractivity contribution is -0.119. The summed E-state index contributed by atoms with van der Waals surface area (Å²) in [6.45, 7) is 3.71. The van der Waals surface area contributed by atoms with Crippen molar-refractivity contribution in [2.24, 2.45) is 0 Å². The van der Waals surface area contributed by atoms with Crippen LogP contribution in [0.5, 0.6) is 11.5 Å². The van der Waals surface area contributed by atoms with Crippen LogP contribution in [-0.2, 0) is 21.4 Å². The van der Waals surface area contributed by atoms with Crippen molar-refractivity contribution in [3.8, 4) is 11.5 Å². The molecule has 0 heterocycles. The number of aryl methyl sites for hydroxylation is 2. The number of hydrogen-bond donors (Lipinski definition) is 1. The molecule has 8 heteroatoms. The SMILES string of the molecule is COc1ccc(N(CC(=O)NCc2ccccc2C)S(=O)(=O)c2ccc(C)cc2)c(OC)c1. The first-order valence-electron chi connectivity index (χ1n) is 10.4. The highest BCUT2D eigenvalue weighted by atomic mass is 32.2. The summed E-state index contributed by atoms with van der Waals surface area (Å²) in [5.41, 5.74) is 3.17. The van der Waals surface area contributed by atoms with Gasteiger partial charge in [-0.1, -0.05) is 42.0 Å². The molecule has 0 aliphatic rings. The van der Waals surface area contributed by atoms with Gasteiger partial charge in [0.1, 0.15) is 18.0 Å². The number of sulfonamides is 1. The lowest BCUT2D eigenvalue weighted by atomic mass is 10.1. The highest BCUT2D eigenvalue weighted by Gasteiger charge is 2.29. The Morgan fingerprint density at radius 3 is 2.27 bits per heavy atom. The van der Waals surface area contributed by atoms with Gasteiger partial charge in [0.2, 0.25) is 5.91 Å². The van der Waals surface area contributed by atoms with Gasteiger partial charge in [-0.15, -0.1) is 0 Å². The smallest absolute Gasteiger partial charge is 0.264 e. The summed E-state index contributed by atoms with van der Waals surface area (Å²) in [6.07, 6.45) is 0. The van der Waals surface area contributed by atoms with Crippen molar-refractivity contribution in [3.05, 3.63) is 83.4 Å². The number of amides is 1. The number of anilines is 1. The number of carbonyl (C=O) groups excluding carboxylic acids is 1. The van der Waals surface area contributed by atoms with Crippen LogP contribution in [-0.4, -0.2) is 35.1 Å². The van der Waals surface area contributed by atoms with Gasteiger partial charge in [0.25, 0.3) is 10.0 Å². The van der Waals surface area contributed by atoms with Crippen LogP contribution in [0.1, 0.15) is 16.7 Å². The zero-order valence-electron chi connectivity index (χ0n) is 19.2. The standard InChI is InChI=1S/C25H28N2O5S/c1-18-9-12-22(13-10-18)33(29,30)27(23-14-11-21(31-3)15-24(23)32-4)17-25(28)26-16-20-8-6-5-7-19(20)2/h5-15H,16-17H2,1-4H3,(H,26,28). The van der Waals surface area contributed by atoms with E-state index >= 15 is 0 Å². The quantitative estimate of drug-likeness (QED) is 0.516. The van der Waals surface area contributed by atoms with Gasteiger partial charge in [0, 0.05) is 12.6 Å². The molecule has 0 aliphatic heterocycles. The first-order chi connectivity index (χ1) is 15.8. The van der Waals surface area contributed by atoms with E-state index in [1.165, 1.54) is 26.4 Å². The van der Waals surface area contributed by atoms with Gasteiger partial charge in [0.05, 0.1) is 24.8 Å². The summed E-state index contributed by atoms with van der Waals surface area (Å²) in [7, 11) is -1.11. The molecule has 0 spiro atoms. The Labute approximate surface area is 195 Å². The Hall–Kier alpha value is -3.52. The molecule has 0 saturated heterocycles. The Balaban J connectivity index is 1.96. The molecule has 0 saturated carbocycles. The monoisotopic (exact) mass is 468 g/mol. The fraction of sp³-hybridized carbons (Fsp3) is 0.240. The summed E-state index contributed by atoms with van der Waals surface area (Å²) < 4.78 is 38.9. The number of benzene rings is 3. The number of carbonyl (C=O) groups is 1. The maximum atomic E-state index is 13.6. The van der Waals surface area contributed by atoms with Crippen LogP contribution in [0.15, 0.2) is 71.6 Å². The van der Waals surface area contributed by atoms with Crippen LogP contribution < -0.4 is 19.1 Å². The highest BCUT2D eigenvalue weighted by molar-refractivity contribution is 7.92. The number of nitrogens with one attached hydrogen (secondary N) is 1. The van der Waals surface area contributed by atoms with Crippen molar-refractivity contribution >= 4 is 21.6 Å². The average molecular weight is 469 g/mol. The first kappa shape index (κ1) is 24.1. The van der Waals surface area contributed by atoms with Gasteiger partial charge in [-0.05, 0) is 49.2 Å². The van der Waals surface area contributed by atoms with Crippen molar-refractivity contribution in [2.45, 2.75) is 25.3 Å². The summed E-state index contributed by atoms with van der Waals surface area (Å²) in [6, 6.07) is 19.0. The fourth-order valence-electron chi connectivity index (χ4n) is 3.32. The normalized spacial score (nSPS) is 11.0. The first-order valence-corrected chi connectivity index (χ1v) is 11.8. The van der Waals surface area contributed by atoms with E-state index in [2.05, 4.69) is 5.32 Å². The molecule has 0 fully saturated rings. The molecule has 174 valence electrons. The number of rotatable bonds is 9. The lowest BCUT2D eigenvalue weighted by Crippen LogP contribution is -2.41. The molecule has 3 aromatic carbocycles. The molecule has 0 unspecified atom stereocenters. The molecule has 0 aromatic heterocycles. The second kappa shape index (κ2) is 10.4. The van der Waals surface area contributed by atoms with E-state index in [1.807, 2.05) is 38.1 Å². The van der Waals surface area contributed by atoms with Crippen molar-refractivity contribution in [3.63, 3.8) is 0 Å². The largest absolute Gasteiger partial charge is 0.497 e. The number of hydrogen-bond acceptors (Lipinski definition) is 5. The van der Waals surface area contributed by atoms with E-state index < -0.39 is 22.5 Å². The maximum Gasteiger partial charge on any atom is 0.264 e. The molecule has 3 rings (SSSR count). The molecular formula is C25H28N2O5S. The summed E-state index contributed by atoms with van der Waals surface area (Å²) in [5, 5.41) is 2.82. The lowest BCUT2D eigenvalue weighted by Gasteiger charge is -2.26. The minimum absolute atomic E-state index is 0.0812. The van der Waals surface area contributed by atoms with Crippen LogP contribution in [0.2, 0.25) is 0 Å². The minimum atomic E-state index is -4.06. The third-order valence-corrected chi connectivity index (χ3v) is 7.06. The Morgan fingerprint density at radius 2 is 1.64 bits per heavy atom. The van der Waals surface area contributed by atoms with E-state index in [1.54, 1.807) is 30.3 Å². The van der Waals surface area contributed by atoms with Gasteiger partial charge >= 0.3 is 0 Å². The van der Waals surface area contributed by atoms with Crippen molar-refractivity contribution in [1.82, 2.24) is 5.32 Å². The second-order valence-electron chi connectivity index (χ2n) is 7.57. The molecule has 0 radical (unpaired) electrons. The van der Waals surface area contributed by atoms with E-state index in [-0.39, 0.29) is 16.3 Å². The van der Waals surface area contributed by atoms with Crippen molar-refractivity contribution in [2.75, 3.05) is 25.1 Å². The predicted molar refractivity (Wildman–Crippen MR) is 128 cm³/mol. The molecular weight excluding hydrogens is 440 g/mol. The third-order valence-electron chi connectivity index (χ3n) is 5.29. The van der Waals surface area contributed by atoms with Gasteiger partial charge in [-0.2, -0.15) is 0 Å². The van der Waals surface area contributed by atoms with Crippen LogP contribution in [0.4, 0.5) is 5.69 Å². The highest BCUT2D eigenvalue weighted by Crippen LogP contribution is 2.35. The number of ether oxygens (including phenoxy) is 2. The van der Waals surface area contributed by atoms with E-state index in [4.69, 9.17) is 9.47 Å². The number of nitrogens with zero attached hydrogens (tertiary/aromatic N) is 1. The van der Waals surface area contributed by atoms with Crippen LogP contribution in [0, 0.1) is 13.8 Å². The zero-order valence-corrected chi connectivity index (χ0v) is 20.0. The Kier molecular flexibility index (Phi) is 7.60. The van der Waals surface area contributed by atoms with Crippen LogP contribution in [0.25, 0.3) is 0 Å².